The predicted molar refractivity (Wildman–Crippen MR) is 379 cm³/mol. The van der Waals surface area contributed by atoms with Crippen LogP contribution in [0.2, 0.25) is 15.1 Å². The number of hydrogen-bond donors (Lipinski definition) is 3. The molecule has 9 heterocycles. The molecule has 0 unspecified atom stereocenters. The molecule has 3 aliphatic heterocycles. The molecule has 3 amide bonds. The Morgan fingerprint density at radius 2 is 0.778 bits per heavy atom. The fraction of sp³-hybridized carbons (Fsp3) is 0.182. The number of piperazine rings is 3. The molecule has 0 atom stereocenters. The number of nitrogen functional groups attached to an aromatic ring is 3. The minimum Gasteiger partial charge on any atom is -0.375 e. The third-order valence-corrected chi connectivity index (χ3v) is 20.5. The van der Waals surface area contributed by atoms with Gasteiger partial charge in [0.15, 0.2) is 38.7 Å². The molecule has 99 heavy (non-hydrogen) atoms. The Morgan fingerprint density at radius 3 is 1.22 bits per heavy atom. The van der Waals surface area contributed by atoms with Crippen LogP contribution in [0.5, 0.6) is 0 Å². The van der Waals surface area contributed by atoms with Crippen LogP contribution in [0.15, 0.2) is 112 Å². The van der Waals surface area contributed by atoms with Gasteiger partial charge in [-0.25, -0.2) is 71.2 Å². The topological polar surface area (TPSA) is 265 Å². The lowest BCUT2D eigenvalue weighted by atomic mass is 10.0. The standard InChI is InChI=1S/C22H16ClF3N6OS.C22H17ClF2N6OS.C22H18ClFN6OS/c1-2-14(33)31-3-5-32(6-4-31)21-11-7-12(23)15(17(26)18(11)28-9-29-21)10-8-13(24)16(25)20-19(10)30-22(27)34-20;1-2-15(32)30-5-7-31(8-6-30)21-12-9-13(23)16(17(25)18(12)27-10-28-21)11-3-4-14(24)20-19(11)29-22(26)33-20;1-2-18(31)29-5-7-30(8-6-29)21-14-9-15(23)13(10-17(14)26-11-27-21)12-3-4-16(24)20-19(12)28-22(25)32-20/h2,7-9H,1,3-6H2,(H2,27,30);2-4,9-10H,1,5-8H2,(H2,26,29);2-4,9-11H,1,5-8H2,(H2,25,28). The van der Waals surface area contributed by atoms with Crippen molar-refractivity contribution in [3.63, 3.8) is 0 Å². The Morgan fingerprint density at radius 1 is 0.404 bits per heavy atom. The van der Waals surface area contributed by atoms with E-state index in [1.54, 1.807) is 26.8 Å². The van der Waals surface area contributed by atoms with Crippen LogP contribution < -0.4 is 31.9 Å². The molecule has 6 aromatic carbocycles. The molecule has 6 N–H and O–H groups in total. The van der Waals surface area contributed by atoms with Crippen molar-refractivity contribution in [1.82, 2.24) is 59.6 Å². The van der Waals surface area contributed by atoms with Gasteiger partial charge in [-0.3, -0.25) is 14.4 Å². The van der Waals surface area contributed by atoms with Gasteiger partial charge in [-0.15, -0.1) is 0 Å². The summed E-state index contributed by atoms with van der Waals surface area (Å²) < 4.78 is 89.2. The second-order valence-electron chi connectivity index (χ2n) is 22.5. The highest BCUT2D eigenvalue weighted by molar-refractivity contribution is 7.22. The number of halogens is 9. The fourth-order valence-electron chi connectivity index (χ4n) is 12.2. The van der Waals surface area contributed by atoms with Crippen LogP contribution >= 0.6 is 68.8 Å². The molecule has 504 valence electrons. The summed E-state index contributed by atoms with van der Waals surface area (Å²) in [5.74, 6) is -3.22. The second-order valence-corrected chi connectivity index (χ2v) is 26.8. The van der Waals surface area contributed by atoms with Gasteiger partial charge in [-0.2, -0.15) is 0 Å². The van der Waals surface area contributed by atoms with Crippen molar-refractivity contribution in [2.24, 2.45) is 0 Å². The Bertz CT molecular complexity index is 5330. The maximum absolute atomic E-state index is 15.8. The number of thiazole rings is 3. The maximum atomic E-state index is 15.8. The Hall–Kier alpha value is -10.1. The largest absolute Gasteiger partial charge is 0.375 e. The number of rotatable bonds is 9. The van der Waals surface area contributed by atoms with Crippen LogP contribution in [0.4, 0.5) is 59.2 Å². The van der Waals surface area contributed by atoms with Crippen LogP contribution in [0.25, 0.3) is 96.7 Å². The molecule has 3 aliphatic rings. The Labute approximate surface area is 584 Å². The summed E-state index contributed by atoms with van der Waals surface area (Å²) in [5.41, 5.74) is 20.4. The number of aromatic nitrogens is 9. The van der Waals surface area contributed by atoms with Crippen LogP contribution in [0, 0.1) is 34.9 Å². The van der Waals surface area contributed by atoms with Gasteiger partial charge in [0, 0.05) is 133 Å². The average molecular weight is 1460 g/mol. The van der Waals surface area contributed by atoms with Crippen molar-refractivity contribution in [3.05, 3.63) is 162 Å². The zero-order chi connectivity index (χ0) is 69.8. The highest BCUT2D eigenvalue weighted by Gasteiger charge is 2.31. The van der Waals surface area contributed by atoms with E-state index >= 15 is 8.78 Å². The van der Waals surface area contributed by atoms with Gasteiger partial charge in [0.05, 0.1) is 46.2 Å². The van der Waals surface area contributed by atoms with E-state index in [4.69, 9.17) is 52.0 Å². The van der Waals surface area contributed by atoms with Crippen molar-refractivity contribution < 1.29 is 40.7 Å². The first-order valence-electron chi connectivity index (χ1n) is 30.1. The summed E-state index contributed by atoms with van der Waals surface area (Å²) in [5, 5.41) is 2.65. The SMILES string of the molecule is C=CC(=O)N1CCN(c2ncnc3c(F)c(-c4cc(F)c(F)c5sc(N)nc45)c(Cl)cc23)CC1.C=CC(=O)N1CCN(c2ncnc3c(F)c(-c4ccc(F)c5sc(N)nc45)c(Cl)cc23)CC1.C=CC(=O)N1CCN(c2ncnc3cc(-c4ccc(F)c5sc(N)nc45)c(Cl)cc23)CC1. The molecule has 33 heteroatoms. The van der Waals surface area contributed by atoms with E-state index in [0.717, 1.165) is 51.3 Å². The van der Waals surface area contributed by atoms with Crippen LogP contribution in [0.3, 0.4) is 0 Å². The van der Waals surface area contributed by atoms with E-state index in [1.807, 2.05) is 21.9 Å². The van der Waals surface area contributed by atoms with Crippen LogP contribution in [0.1, 0.15) is 0 Å². The van der Waals surface area contributed by atoms with Crippen molar-refractivity contribution in [3.8, 4) is 33.4 Å². The lowest BCUT2D eigenvalue weighted by Gasteiger charge is -2.35. The number of hydrogen-bond acceptors (Lipinski definition) is 21. The minimum absolute atomic E-state index is 0.0109. The minimum atomic E-state index is -1.17. The average Bonchev–Trinajstić information content (AvgIpc) is 1.74. The van der Waals surface area contributed by atoms with Crippen molar-refractivity contribution in [2.45, 2.75) is 0 Å². The molecule has 12 aromatic rings. The van der Waals surface area contributed by atoms with E-state index in [2.05, 4.69) is 69.5 Å². The summed E-state index contributed by atoms with van der Waals surface area (Å²) in [6.07, 6.45) is 7.91. The summed E-state index contributed by atoms with van der Waals surface area (Å²) in [4.78, 5) is 85.1. The molecule has 0 saturated carbocycles. The van der Waals surface area contributed by atoms with Gasteiger partial charge in [-0.05, 0) is 72.8 Å². The quantitative estimate of drug-likeness (QED) is 0.0895. The van der Waals surface area contributed by atoms with Gasteiger partial charge in [0.2, 0.25) is 17.7 Å². The monoisotopic (exact) mass is 1460 g/mol. The highest BCUT2D eigenvalue weighted by atomic mass is 35.5. The number of benzene rings is 6. The normalized spacial score (nSPS) is 14.3. The summed E-state index contributed by atoms with van der Waals surface area (Å²) >= 11 is 22.6. The van der Waals surface area contributed by atoms with Crippen molar-refractivity contribution in [2.75, 3.05) is 110 Å². The number of anilines is 6. The number of amides is 3. The van der Waals surface area contributed by atoms with E-state index < -0.39 is 29.1 Å². The van der Waals surface area contributed by atoms with E-state index in [-0.39, 0.29) is 92.0 Å². The third kappa shape index (κ3) is 12.7. The lowest BCUT2D eigenvalue weighted by molar-refractivity contribution is -0.127. The van der Waals surface area contributed by atoms with Gasteiger partial charge in [0.1, 0.15) is 59.1 Å². The zero-order valence-electron chi connectivity index (χ0n) is 51.6. The van der Waals surface area contributed by atoms with Crippen molar-refractivity contribution in [1.29, 1.82) is 0 Å². The first-order valence-corrected chi connectivity index (χ1v) is 33.7. The van der Waals surface area contributed by atoms with Gasteiger partial charge >= 0.3 is 0 Å². The zero-order valence-corrected chi connectivity index (χ0v) is 56.3. The summed E-state index contributed by atoms with van der Waals surface area (Å²) in [6, 6.07) is 13.4. The van der Waals surface area contributed by atoms with Crippen LogP contribution in [-0.4, -0.2) is 156 Å². The smallest absolute Gasteiger partial charge is 0.246 e. The van der Waals surface area contributed by atoms with Gasteiger partial charge in [-0.1, -0.05) is 88.5 Å². The number of carbonyl (C=O) groups excluding carboxylic acids is 3. The number of carbonyl (C=O) groups is 3. The van der Waals surface area contributed by atoms with E-state index in [1.165, 1.54) is 61.5 Å². The Kier molecular flexibility index (Phi) is 18.8. The summed E-state index contributed by atoms with van der Waals surface area (Å²) in [6.45, 7) is 16.9. The molecule has 6 aromatic heterocycles. The second kappa shape index (κ2) is 27.7. The predicted octanol–water partition coefficient (Wildman–Crippen LogP) is 12.8. The molecule has 0 spiro atoms. The highest BCUT2D eigenvalue weighted by Crippen LogP contribution is 2.46. The molecular weight excluding hydrogens is 1410 g/mol. The molecule has 3 saturated heterocycles. The third-order valence-electron chi connectivity index (χ3n) is 16.9. The first kappa shape index (κ1) is 67.5. The molecule has 15 rings (SSSR count). The molecule has 3 fully saturated rings. The van der Waals surface area contributed by atoms with Gasteiger partial charge < -0.3 is 46.6 Å². The van der Waals surface area contributed by atoms with Gasteiger partial charge in [0.25, 0.3) is 0 Å². The molecule has 0 bridgehead atoms. The number of fused-ring (bicyclic) bond motifs is 6. The number of nitrogens with two attached hydrogens (primary N) is 3. The molecule has 21 nitrogen and oxygen atoms in total. The lowest BCUT2D eigenvalue weighted by Crippen LogP contribution is -2.48. The number of nitrogens with zero attached hydrogens (tertiary/aromatic N) is 15. The first-order chi connectivity index (χ1) is 47.6. The van der Waals surface area contributed by atoms with E-state index in [0.29, 0.717) is 144 Å². The molecule has 0 radical (unpaired) electrons. The molecular formula is C66H51Cl3F6N18O3S3. The Balaban J connectivity index is 0.000000133. The van der Waals surface area contributed by atoms with Crippen LogP contribution in [-0.2, 0) is 14.4 Å². The maximum Gasteiger partial charge on any atom is 0.246 e. The molecule has 0 aliphatic carbocycles. The van der Waals surface area contributed by atoms with E-state index in [9.17, 15) is 31.9 Å². The fourth-order valence-corrected chi connectivity index (χ4v) is 15.4. The van der Waals surface area contributed by atoms with Crippen molar-refractivity contribution >= 4 is 183 Å². The summed E-state index contributed by atoms with van der Waals surface area (Å²) in [7, 11) is 0.